The number of rotatable bonds is 7. The van der Waals surface area contributed by atoms with Crippen molar-refractivity contribution < 1.29 is 31.1 Å². The molecular weight excluding hydrogens is 479 g/mol. The Hall–Kier alpha value is -3.12. The third-order valence-corrected chi connectivity index (χ3v) is 7.06. The first-order valence-electron chi connectivity index (χ1n) is 9.58. The summed E-state index contributed by atoms with van der Waals surface area (Å²) in [5, 5.41) is 3.11. The molecule has 0 radical (unpaired) electrons. The molecule has 0 aliphatic rings. The minimum atomic E-state index is -4.44. The molecule has 33 heavy (non-hydrogen) atoms. The molecule has 0 saturated carbocycles. The summed E-state index contributed by atoms with van der Waals surface area (Å²) >= 11 is 1.05. The van der Waals surface area contributed by atoms with E-state index in [1.54, 1.807) is 6.92 Å². The first-order chi connectivity index (χ1) is 15.4. The minimum absolute atomic E-state index is 0.111. The number of anilines is 2. The summed E-state index contributed by atoms with van der Waals surface area (Å²) in [6.07, 6.45) is -4.44. The number of nitrogens with one attached hydrogen (secondary N) is 2. The number of aryl methyl sites for hydroxylation is 1. The van der Waals surface area contributed by atoms with Gasteiger partial charge in [-0.25, -0.2) is 13.4 Å². The number of thiazole rings is 1. The fraction of sp³-hybridized carbons (Fsp3) is 0.238. The quantitative estimate of drug-likeness (QED) is 0.468. The lowest BCUT2D eigenvalue weighted by molar-refractivity contribution is -0.137. The van der Waals surface area contributed by atoms with Crippen LogP contribution in [0.25, 0.3) is 10.6 Å². The van der Waals surface area contributed by atoms with E-state index in [9.17, 15) is 26.4 Å². The van der Waals surface area contributed by atoms with Gasteiger partial charge in [0.2, 0.25) is 10.0 Å². The van der Waals surface area contributed by atoms with Gasteiger partial charge in [-0.2, -0.15) is 13.2 Å². The second-order valence-electron chi connectivity index (χ2n) is 6.88. The summed E-state index contributed by atoms with van der Waals surface area (Å²) in [4.78, 5) is 17.4. The van der Waals surface area contributed by atoms with Crippen molar-refractivity contribution in [3.63, 3.8) is 0 Å². The number of amides is 1. The summed E-state index contributed by atoms with van der Waals surface area (Å²) < 4.78 is 69.6. The van der Waals surface area contributed by atoms with Crippen molar-refractivity contribution in [1.82, 2.24) is 4.98 Å². The summed E-state index contributed by atoms with van der Waals surface area (Å²) in [5.41, 5.74) is 0.711. The molecule has 0 bridgehead atoms. The molecule has 1 amide bonds. The Morgan fingerprint density at radius 2 is 1.82 bits per heavy atom. The van der Waals surface area contributed by atoms with Crippen molar-refractivity contribution in [1.29, 1.82) is 0 Å². The maximum Gasteiger partial charge on any atom is 0.416 e. The molecular formula is C21H20F3N3O4S2. The zero-order valence-corrected chi connectivity index (χ0v) is 19.4. The molecule has 12 heteroatoms. The van der Waals surface area contributed by atoms with Gasteiger partial charge in [0.25, 0.3) is 5.91 Å². The molecule has 3 aromatic rings. The van der Waals surface area contributed by atoms with E-state index in [1.807, 2.05) is 0 Å². The zero-order chi connectivity index (χ0) is 24.4. The second-order valence-corrected chi connectivity index (χ2v) is 9.89. The van der Waals surface area contributed by atoms with Crippen molar-refractivity contribution in [3.8, 4) is 16.3 Å². The maximum atomic E-state index is 12.8. The van der Waals surface area contributed by atoms with Gasteiger partial charge in [0.15, 0.2) is 0 Å². The Bertz CT molecular complexity index is 1270. The van der Waals surface area contributed by atoms with Crippen LogP contribution in [-0.4, -0.2) is 32.2 Å². The van der Waals surface area contributed by atoms with Crippen LogP contribution in [-0.2, 0) is 16.2 Å². The highest BCUT2D eigenvalue weighted by Gasteiger charge is 2.30. The highest BCUT2D eigenvalue weighted by atomic mass is 32.2. The first-order valence-corrected chi connectivity index (χ1v) is 12.1. The zero-order valence-electron chi connectivity index (χ0n) is 17.8. The predicted molar refractivity (Wildman–Crippen MR) is 121 cm³/mol. The number of halogens is 3. The molecule has 1 heterocycles. The highest BCUT2D eigenvalue weighted by Crippen LogP contribution is 2.34. The fourth-order valence-corrected chi connectivity index (χ4v) is 4.43. The lowest BCUT2D eigenvalue weighted by Crippen LogP contribution is -2.16. The molecule has 176 valence electrons. The van der Waals surface area contributed by atoms with Gasteiger partial charge in [-0.1, -0.05) is 12.1 Å². The van der Waals surface area contributed by atoms with E-state index in [-0.39, 0.29) is 17.2 Å². The van der Waals surface area contributed by atoms with Crippen LogP contribution in [0.1, 0.15) is 27.9 Å². The Morgan fingerprint density at radius 1 is 1.15 bits per heavy atom. The van der Waals surface area contributed by atoms with E-state index in [4.69, 9.17) is 4.74 Å². The molecule has 0 aliphatic heterocycles. The molecule has 0 aliphatic carbocycles. The van der Waals surface area contributed by atoms with Crippen LogP contribution in [0, 0.1) is 6.92 Å². The van der Waals surface area contributed by atoms with Crippen molar-refractivity contribution in [3.05, 3.63) is 58.6 Å². The second kappa shape index (κ2) is 9.40. The number of hydrogen-bond donors (Lipinski definition) is 2. The summed E-state index contributed by atoms with van der Waals surface area (Å²) in [5.74, 6) is -0.357. The number of carbonyl (C=O) groups is 1. The summed E-state index contributed by atoms with van der Waals surface area (Å²) in [6.45, 7) is 3.13. The molecule has 3 rings (SSSR count). The van der Waals surface area contributed by atoms with E-state index in [0.29, 0.717) is 26.8 Å². The van der Waals surface area contributed by atoms with Gasteiger partial charge in [0.05, 0.1) is 29.8 Å². The molecule has 2 aromatic carbocycles. The van der Waals surface area contributed by atoms with Crippen molar-refractivity contribution in [2.45, 2.75) is 20.0 Å². The van der Waals surface area contributed by atoms with Crippen LogP contribution in [0.3, 0.4) is 0 Å². The van der Waals surface area contributed by atoms with Crippen LogP contribution in [0.4, 0.5) is 24.5 Å². The molecule has 0 atom stereocenters. The largest absolute Gasteiger partial charge is 0.494 e. The molecule has 0 unspecified atom stereocenters. The third-order valence-electron chi connectivity index (χ3n) is 4.57. The van der Waals surface area contributed by atoms with Gasteiger partial charge in [-0.3, -0.25) is 9.52 Å². The van der Waals surface area contributed by atoms with Crippen molar-refractivity contribution in [2.75, 3.05) is 22.9 Å². The standard InChI is InChI=1S/C21H20F3N3O4S2/c1-4-33(29,30)27-16-10-9-15(11-17(16)31-3)26-19(28)18-12(2)25-20(32-18)13-5-7-14(8-6-13)21(22,23)24/h5-11,27H,4H2,1-3H3,(H,26,28). The number of methoxy groups -OCH3 is 1. The SMILES string of the molecule is CCS(=O)(=O)Nc1ccc(NC(=O)c2sc(-c3ccc(C(F)(F)F)cc3)nc2C)cc1OC. The topological polar surface area (TPSA) is 97.4 Å². The lowest BCUT2D eigenvalue weighted by Gasteiger charge is -2.13. The van der Waals surface area contributed by atoms with E-state index >= 15 is 0 Å². The van der Waals surface area contributed by atoms with Crippen LogP contribution in [0.2, 0.25) is 0 Å². The number of aromatic nitrogens is 1. The highest BCUT2D eigenvalue weighted by molar-refractivity contribution is 7.92. The maximum absolute atomic E-state index is 12.8. The molecule has 0 spiro atoms. The summed E-state index contributed by atoms with van der Waals surface area (Å²) in [7, 11) is -2.14. The van der Waals surface area contributed by atoms with E-state index in [1.165, 1.54) is 44.4 Å². The van der Waals surface area contributed by atoms with Gasteiger partial charge >= 0.3 is 6.18 Å². The Kier molecular flexibility index (Phi) is 6.98. The number of hydrogen-bond acceptors (Lipinski definition) is 6. The smallest absolute Gasteiger partial charge is 0.416 e. The average Bonchev–Trinajstić information content (AvgIpc) is 3.16. The number of ether oxygens (including phenoxy) is 1. The van der Waals surface area contributed by atoms with E-state index in [0.717, 1.165) is 23.5 Å². The number of benzene rings is 2. The molecule has 7 nitrogen and oxygen atoms in total. The van der Waals surface area contributed by atoms with Crippen LogP contribution in [0.15, 0.2) is 42.5 Å². The van der Waals surface area contributed by atoms with Gasteiger partial charge in [0, 0.05) is 17.3 Å². The van der Waals surface area contributed by atoms with Crippen molar-refractivity contribution >= 4 is 38.6 Å². The summed E-state index contributed by atoms with van der Waals surface area (Å²) in [6, 6.07) is 9.00. The number of nitrogens with zero attached hydrogens (tertiary/aromatic N) is 1. The van der Waals surface area contributed by atoms with Gasteiger partial charge < -0.3 is 10.1 Å². The molecule has 0 saturated heterocycles. The van der Waals surface area contributed by atoms with E-state index in [2.05, 4.69) is 15.0 Å². The van der Waals surface area contributed by atoms with Crippen LogP contribution in [0.5, 0.6) is 5.75 Å². The number of carbonyl (C=O) groups excluding carboxylic acids is 1. The Balaban J connectivity index is 1.80. The van der Waals surface area contributed by atoms with Gasteiger partial charge in [-0.15, -0.1) is 11.3 Å². The lowest BCUT2D eigenvalue weighted by atomic mass is 10.1. The number of sulfonamides is 1. The predicted octanol–water partition coefficient (Wildman–Crippen LogP) is 5.16. The van der Waals surface area contributed by atoms with Crippen molar-refractivity contribution in [2.24, 2.45) is 0 Å². The molecule has 0 fully saturated rings. The fourth-order valence-electron chi connectivity index (χ4n) is 2.81. The minimum Gasteiger partial charge on any atom is -0.494 e. The monoisotopic (exact) mass is 499 g/mol. The first kappa shape index (κ1) is 24.5. The van der Waals surface area contributed by atoms with Crippen LogP contribution >= 0.6 is 11.3 Å². The molecule has 1 aromatic heterocycles. The number of alkyl halides is 3. The van der Waals surface area contributed by atoms with Gasteiger partial charge in [-0.05, 0) is 38.1 Å². The normalized spacial score (nSPS) is 11.8. The van der Waals surface area contributed by atoms with Gasteiger partial charge in [0.1, 0.15) is 15.6 Å². The van der Waals surface area contributed by atoms with E-state index < -0.39 is 27.7 Å². The molecule has 2 N–H and O–H groups in total. The van der Waals surface area contributed by atoms with Crippen LogP contribution < -0.4 is 14.8 Å². The average molecular weight is 500 g/mol. The third kappa shape index (κ3) is 5.82. The Morgan fingerprint density at radius 3 is 2.39 bits per heavy atom. The Labute approximate surface area is 192 Å².